The van der Waals surface area contributed by atoms with Crippen LogP contribution < -0.4 is 4.78 Å². The van der Waals surface area contributed by atoms with E-state index < -0.39 is 7.42 Å². The highest BCUT2D eigenvalue weighted by Crippen LogP contribution is 2.62. The molecule has 0 bridgehead atoms. The van der Waals surface area contributed by atoms with Gasteiger partial charge in [-0.2, -0.15) is 5.10 Å². The van der Waals surface area contributed by atoms with Gasteiger partial charge in [-0.1, -0.05) is 62.4 Å². The Hall–Kier alpha value is -1.35. The molecule has 0 fully saturated rings. The van der Waals surface area contributed by atoms with Crippen LogP contribution in [0.4, 0.5) is 5.69 Å². The first-order valence-corrected chi connectivity index (χ1v) is 10.7. The van der Waals surface area contributed by atoms with Crippen LogP contribution in [-0.4, -0.2) is 22.8 Å². The maximum absolute atomic E-state index is 4.95. The van der Waals surface area contributed by atoms with Crippen molar-refractivity contribution in [3.8, 4) is 0 Å². The van der Waals surface area contributed by atoms with E-state index in [1.807, 2.05) is 11.4 Å². The Kier molecular flexibility index (Phi) is 5.71. The average molecular weight is 343 g/mol. The SMILES string of the molecule is CCN(CC)P1SC(Cc2ccccc2)=NN1c1ccccc1. The van der Waals surface area contributed by atoms with Gasteiger partial charge in [-0.25, -0.2) is 4.78 Å². The molecule has 0 amide bonds. The van der Waals surface area contributed by atoms with Gasteiger partial charge < -0.3 is 0 Å². The fourth-order valence-electron chi connectivity index (χ4n) is 2.49. The van der Waals surface area contributed by atoms with Crippen molar-refractivity contribution in [3.63, 3.8) is 0 Å². The fraction of sp³-hybridized carbons (Fsp3) is 0.278. The molecule has 120 valence electrons. The Labute approximate surface area is 144 Å². The molecule has 0 spiro atoms. The lowest BCUT2D eigenvalue weighted by atomic mass is 10.2. The van der Waals surface area contributed by atoms with Crippen LogP contribution in [0.1, 0.15) is 19.4 Å². The highest BCUT2D eigenvalue weighted by molar-refractivity contribution is 8.63. The van der Waals surface area contributed by atoms with Crippen molar-refractivity contribution in [1.29, 1.82) is 0 Å². The number of hydrogen-bond donors (Lipinski definition) is 0. The van der Waals surface area contributed by atoms with Crippen molar-refractivity contribution in [2.75, 3.05) is 17.9 Å². The number of hydrazone groups is 1. The van der Waals surface area contributed by atoms with Crippen LogP contribution in [-0.2, 0) is 6.42 Å². The summed E-state index contributed by atoms with van der Waals surface area (Å²) >= 11 is 1.93. The summed E-state index contributed by atoms with van der Waals surface area (Å²) in [5.41, 5.74) is 2.50. The van der Waals surface area contributed by atoms with E-state index in [0.717, 1.165) is 19.5 Å². The third-order valence-corrected chi connectivity index (χ3v) is 8.29. The molecule has 0 saturated carbocycles. The molecule has 0 N–H and O–H groups in total. The van der Waals surface area contributed by atoms with E-state index in [1.54, 1.807) is 0 Å². The number of benzene rings is 2. The molecular weight excluding hydrogens is 321 g/mol. The third-order valence-electron chi connectivity index (χ3n) is 3.71. The van der Waals surface area contributed by atoms with Crippen molar-refractivity contribution in [1.82, 2.24) is 4.67 Å². The summed E-state index contributed by atoms with van der Waals surface area (Å²) < 4.78 is 4.74. The monoisotopic (exact) mass is 343 g/mol. The van der Waals surface area contributed by atoms with E-state index in [0.29, 0.717) is 0 Å². The molecule has 1 aliphatic heterocycles. The van der Waals surface area contributed by atoms with Gasteiger partial charge in [0.05, 0.1) is 5.69 Å². The zero-order valence-electron chi connectivity index (χ0n) is 13.6. The van der Waals surface area contributed by atoms with Crippen LogP contribution >= 0.6 is 18.8 Å². The predicted molar refractivity (Wildman–Crippen MR) is 104 cm³/mol. The minimum absolute atomic E-state index is 0.504. The molecule has 1 heterocycles. The van der Waals surface area contributed by atoms with Gasteiger partial charge in [0.25, 0.3) is 0 Å². The lowest BCUT2D eigenvalue weighted by Gasteiger charge is -2.30. The van der Waals surface area contributed by atoms with Crippen molar-refractivity contribution >= 4 is 29.5 Å². The first kappa shape index (κ1) is 16.5. The fourth-order valence-corrected chi connectivity index (χ4v) is 7.06. The van der Waals surface area contributed by atoms with Crippen LogP contribution in [0.3, 0.4) is 0 Å². The molecule has 3 rings (SSSR count). The lowest BCUT2D eigenvalue weighted by molar-refractivity contribution is 0.511. The standard InChI is InChI=1S/C18H22N3PS/c1-3-20(4-2)22-21(17-13-9-6-10-14-17)19-18(23-22)15-16-11-7-5-8-12-16/h5-14H,3-4,15H2,1-2H3. The predicted octanol–water partition coefficient (Wildman–Crippen LogP) is 5.36. The summed E-state index contributed by atoms with van der Waals surface area (Å²) in [5.74, 6) is 0. The van der Waals surface area contributed by atoms with E-state index in [9.17, 15) is 0 Å². The number of anilines is 1. The molecule has 1 aliphatic rings. The van der Waals surface area contributed by atoms with Crippen molar-refractivity contribution in [3.05, 3.63) is 66.2 Å². The van der Waals surface area contributed by atoms with Crippen molar-refractivity contribution in [2.45, 2.75) is 20.3 Å². The van der Waals surface area contributed by atoms with Gasteiger partial charge >= 0.3 is 0 Å². The lowest BCUT2D eigenvalue weighted by Crippen LogP contribution is -2.22. The summed E-state index contributed by atoms with van der Waals surface area (Å²) in [7, 11) is -0.504. The molecular formula is C18H22N3PS. The molecule has 0 saturated heterocycles. The van der Waals surface area contributed by atoms with E-state index in [1.165, 1.54) is 16.3 Å². The molecule has 2 aromatic carbocycles. The molecule has 23 heavy (non-hydrogen) atoms. The van der Waals surface area contributed by atoms with Gasteiger partial charge in [-0.05, 0) is 29.1 Å². The Balaban J connectivity index is 1.85. The zero-order valence-corrected chi connectivity index (χ0v) is 15.3. The Morgan fingerprint density at radius 2 is 1.57 bits per heavy atom. The number of para-hydroxylation sites is 1. The summed E-state index contributed by atoms with van der Waals surface area (Å²) in [5, 5.41) is 6.16. The van der Waals surface area contributed by atoms with E-state index in [-0.39, 0.29) is 0 Å². The molecule has 1 atom stereocenters. The summed E-state index contributed by atoms with van der Waals surface area (Å²) in [6.45, 7) is 6.55. The molecule has 3 nitrogen and oxygen atoms in total. The minimum atomic E-state index is -0.504. The highest BCUT2D eigenvalue weighted by atomic mass is 32.7. The van der Waals surface area contributed by atoms with Crippen LogP contribution in [0.15, 0.2) is 65.8 Å². The van der Waals surface area contributed by atoms with Gasteiger partial charge in [-0.3, -0.25) is 4.67 Å². The van der Waals surface area contributed by atoms with Crippen LogP contribution in [0.5, 0.6) is 0 Å². The van der Waals surface area contributed by atoms with Crippen LogP contribution in [0.2, 0.25) is 0 Å². The normalized spacial score (nSPS) is 17.6. The summed E-state index contributed by atoms with van der Waals surface area (Å²) in [6, 6.07) is 21.1. The van der Waals surface area contributed by atoms with E-state index in [4.69, 9.17) is 5.10 Å². The van der Waals surface area contributed by atoms with Gasteiger partial charge in [0.2, 0.25) is 0 Å². The topological polar surface area (TPSA) is 18.8 Å². The second-order valence-corrected chi connectivity index (χ2v) is 8.90. The second kappa shape index (κ2) is 7.96. The summed E-state index contributed by atoms with van der Waals surface area (Å²) in [4.78, 5) is 0. The summed E-state index contributed by atoms with van der Waals surface area (Å²) in [6.07, 6.45) is 0.912. The Morgan fingerprint density at radius 1 is 0.957 bits per heavy atom. The van der Waals surface area contributed by atoms with Gasteiger partial charge in [0.15, 0.2) is 7.42 Å². The molecule has 0 radical (unpaired) electrons. The number of hydrogen-bond acceptors (Lipinski definition) is 4. The molecule has 5 heteroatoms. The smallest absolute Gasteiger partial charge is 0.160 e. The first-order chi connectivity index (χ1) is 11.3. The quantitative estimate of drug-likeness (QED) is 0.658. The highest BCUT2D eigenvalue weighted by Gasteiger charge is 2.33. The van der Waals surface area contributed by atoms with Crippen LogP contribution in [0.25, 0.3) is 0 Å². The van der Waals surface area contributed by atoms with Crippen molar-refractivity contribution < 1.29 is 0 Å². The minimum Gasteiger partial charge on any atom is -0.256 e. The molecule has 1 unspecified atom stereocenters. The Morgan fingerprint density at radius 3 is 2.17 bits per heavy atom. The Bertz CT molecular complexity index is 644. The largest absolute Gasteiger partial charge is 0.256 e. The van der Waals surface area contributed by atoms with E-state index >= 15 is 0 Å². The first-order valence-electron chi connectivity index (χ1n) is 8.01. The number of rotatable bonds is 6. The van der Waals surface area contributed by atoms with Crippen molar-refractivity contribution in [2.24, 2.45) is 5.10 Å². The maximum Gasteiger partial charge on any atom is 0.160 e. The zero-order chi connectivity index (χ0) is 16.1. The molecule has 0 aromatic heterocycles. The van der Waals surface area contributed by atoms with Gasteiger partial charge in [-0.15, -0.1) is 0 Å². The molecule has 0 aliphatic carbocycles. The van der Waals surface area contributed by atoms with Gasteiger partial charge in [0, 0.05) is 19.5 Å². The second-order valence-electron chi connectivity index (χ2n) is 5.26. The average Bonchev–Trinajstić information content (AvgIpc) is 3.01. The molecule has 2 aromatic rings. The maximum atomic E-state index is 4.95. The van der Waals surface area contributed by atoms with Gasteiger partial charge in [0.1, 0.15) is 5.04 Å². The third kappa shape index (κ3) is 3.95. The van der Waals surface area contributed by atoms with Crippen LogP contribution in [0, 0.1) is 0 Å². The van der Waals surface area contributed by atoms with E-state index in [2.05, 4.69) is 84.0 Å². The number of nitrogens with zero attached hydrogens (tertiary/aromatic N) is 3.